The third kappa shape index (κ3) is 6.30. The number of morpholine rings is 1. The zero-order valence-electron chi connectivity index (χ0n) is 18.7. The first-order valence-electron chi connectivity index (χ1n) is 12.1. The molecule has 2 amide bonds. The number of hydrogen-bond donors (Lipinski definition) is 0. The number of carbonyl (C=O) groups is 2. The van der Waals surface area contributed by atoms with Crippen LogP contribution in [0.4, 0.5) is 0 Å². The normalized spacial score (nSPS) is 23.9. The summed E-state index contributed by atoms with van der Waals surface area (Å²) in [5, 5.41) is 0. The third-order valence-electron chi connectivity index (χ3n) is 7.15. The molecule has 1 atom stereocenters. The van der Waals surface area contributed by atoms with Gasteiger partial charge in [0.05, 0.1) is 19.1 Å². The summed E-state index contributed by atoms with van der Waals surface area (Å²) in [6.07, 6.45) is 5.46. The molecule has 4 rings (SSSR count). The maximum absolute atomic E-state index is 13.2. The number of rotatable bonds is 7. The molecule has 3 heterocycles. The molecule has 0 aromatic heterocycles. The number of likely N-dealkylation sites (tertiary alicyclic amines) is 2. The summed E-state index contributed by atoms with van der Waals surface area (Å²) in [5.41, 5.74) is 1.39. The standard InChI is InChI=1S/C25H37N3O3/c29-24-8-7-23(20-28(24)12-4-11-26-15-17-31-18-16-26)25(30)27-13-9-22(10-14-27)19-21-5-2-1-3-6-21/h1-3,5-6,22-23H,4,7-20H2. The molecule has 6 nitrogen and oxygen atoms in total. The van der Waals surface area contributed by atoms with Crippen molar-refractivity contribution in [3.63, 3.8) is 0 Å². The molecular weight excluding hydrogens is 390 g/mol. The molecule has 3 aliphatic heterocycles. The monoisotopic (exact) mass is 427 g/mol. The Bertz CT molecular complexity index is 712. The summed E-state index contributed by atoms with van der Waals surface area (Å²) >= 11 is 0. The van der Waals surface area contributed by atoms with E-state index in [1.165, 1.54) is 5.56 Å². The summed E-state index contributed by atoms with van der Waals surface area (Å²) in [4.78, 5) is 32.0. The van der Waals surface area contributed by atoms with Crippen molar-refractivity contribution in [1.29, 1.82) is 0 Å². The van der Waals surface area contributed by atoms with Gasteiger partial charge >= 0.3 is 0 Å². The quantitative estimate of drug-likeness (QED) is 0.671. The number of ether oxygens (including phenoxy) is 1. The van der Waals surface area contributed by atoms with Crippen molar-refractivity contribution in [2.24, 2.45) is 11.8 Å². The smallest absolute Gasteiger partial charge is 0.227 e. The first-order chi connectivity index (χ1) is 15.2. The minimum Gasteiger partial charge on any atom is -0.379 e. The van der Waals surface area contributed by atoms with E-state index in [0.29, 0.717) is 25.3 Å². The van der Waals surface area contributed by atoms with Crippen molar-refractivity contribution >= 4 is 11.8 Å². The molecule has 1 aromatic rings. The highest BCUT2D eigenvalue weighted by atomic mass is 16.5. The Hall–Kier alpha value is -1.92. The number of piperidine rings is 2. The van der Waals surface area contributed by atoms with Gasteiger partial charge in [-0.05, 0) is 43.6 Å². The molecule has 0 aliphatic carbocycles. The second-order valence-electron chi connectivity index (χ2n) is 9.34. The molecule has 3 aliphatic rings. The first-order valence-corrected chi connectivity index (χ1v) is 12.1. The Labute approximate surface area is 186 Å². The minimum atomic E-state index is -0.0215. The highest BCUT2D eigenvalue weighted by Crippen LogP contribution is 2.26. The average Bonchev–Trinajstić information content (AvgIpc) is 2.82. The highest BCUT2D eigenvalue weighted by molar-refractivity contribution is 5.84. The van der Waals surface area contributed by atoms with E-state index in [1.54, 1.807) is 0 Å². The van der Waals surface area contributed by atoms with E-state index in [2.05, 4.69) is 40.1 Å². The number of hydrogen-bond acceptors (Lipinski definition) is 4. The average molecular weight is 428 g/mol. The van der Waals surface area contributed by atoms with Gasteiger partial charge in [-0.3, -0.25) is 14.5 Å². The number of benzene rings is 1. The van der Waals surface area contributed by atoms with E-state index in [4.69, 9.17) is 4.74 Å². The van der Waals surface area contributed by atoms with Crippen LogP contribution >= 0.6 is 0 Å². The van der Waals surface area contributed by atoms with Crippen LogP contribution in [-0.4, -0.2) is 85.5 Å². The van der Waals surface area contributed by atoms with Gasteiger partial charge in [0.15, 0.2) is 0 Å². The topological polar surface area (TPSA) is 53.1 Å². The van der Waals surface area contributed by atoms with Crippen LogP contribution in [0.2, 0.25) is 0 Å². The molecule has 6 heteroatoms. The van der Waals surface area contributed by atoms with Gasteiger partial charge in [0, 0.05) is 52.2 Å². The van der Waals surface area contributed by atoms with Crippen LogP contribution in [0, 0.1) is 11.8 Å². The number of amides is 2. The fraction of sp³-hybridized carbons (Fsp3) is 0.680. The van der Waals surface area contributed by atoms with Gasteiger partial charge in [0.25, 0.3) is 0 Å². The maximum atomic E-state index is 13.2. The maximum Gasteiger partial charge on any atom is 0.227 e. The fourth-order valence-electron chi connectivity index (χ4n) is 5.21. The zero-order valence-corrected chi connectivity index (χ0v) is 18.7. The lowest BCUT2D eigenvalue weighted by Gasteiger charge is -2.38. The van der Waals surface area contributed by atoms with Crippen molar-refractivity contribution in [2.75, 3.05) is 59.0 Å². The van der Waals surface area contributed by atoms with Crippen molar-refractivity contribution in [1.82, 2.24) is 14.7 Å². The lowest BCUT2D eigenvalue weighted by Crippen LogP contribution is -2.49. The van der Waals surface area contributed by atoms with Gasteiger partial charge in [-0.2, -0.15) is 0 Å². The van der Waals surface area contributed by atoms with E-state index in [0.717, 1.165) is 78.2 Å². The first kappa shape index (κ1) is 22.3. The molecule has 1 aromatic carbocycles. The van der Waals surface area contributed by atoms with Crippen molar-refractivity contribution in [3.8, 4) is 0 Å². The molecule has 0 spiro atoms. The zero-order chi connectivity index (χ0) is 21.5. The minimum absolute atomic E-state index is 0.0215. The van der Waals surface area contributed by atoms with E-state index >= 15 is 0 Å². The van der Waals surface area contributed by atoms with Crippen LogP contribution in [0.25, 0.3) is 0 Å². The second-order valence-corrected chi connectivity index (χ2v) is 9.34. The van der Waals surface area contributed by atoms with Crippen molar-refractivity contribution < 1.29 is 14.3 Å². The Morgan fingerprint density at radius 1 is 0.968 bits per heavy atom. The number of carbonyl (C=O) groups excluding carboxylic acids is 2. The van der Waals surface area contributed by atoms with Crippen LogP contribution in [0.15, 0.2) is 30.3 Å². The highest BCUT2D eigenvalue weighted by Gasteiger charge is 2.34. The van der Waals surface area contributed by atoms with E-state index in [-0.39, 0.29) is 17.7 Å². The van der Waals surface area contributed by atoms with Gasteiger partial charge in [-0.15, -0.1) is 0 Å². The molecule has 0 radical (unpaired) electrons. The summed E-state index contributed by atoms with van der Waals surface area (Å²) in [6.45, 7) is 7.66. The van der Waals surface area contributed by atoms with Gasteiger partial charge in [0.2, 0.25) is 11.8 Å². The molecule has 3 fully saturated rings. The molecule has 170 valence electrons. The Morgan fingerprint density at radius 3 is 2.45 bits per heavy atom. The van der Waals surface area contributed by atoms with Crippen molar-refractivity contribution in [2.45, 2.75) is 38.5 Å². The van der Waals surface area contributed by atoms with Gasteiger partial charge in [-0.1, -0.05) is 30.3 Å². The predicted octanol–water partition coefficient (Wildman–Crippen LogP) is 2.43. The number of nitrogens with zero attached hydrogens (tertiary/aromatic N) is 3. The summed E-state index contributed by atoms with van der Waals surface area (Å²) in [7, 11) is 0. The van der Waals surface area contributed by atoms with Crippen LogP contribution in [0.3, 0.4) is 0 Å². The van der Waals surface area contributed by atoms with E-state index in [9.17, 15) is 9.59 Å². The largest absolute Gasteiger partial charge is 0.379 e. The lowest BCUT2D eigenvalue weighted by atomic mass is 9.89. The van der Waals surface area contributed by atoms with Gasteiger partial charge < -0.3 is 14.5 Å². The van der Waals surface area contributed by atoms with Crippen LogP contribution < -0.4 is 0 Å². The van der Waals surface area contributed by atoms with Crippen LogP contribution in [-0.2, 0) is 20.7 Å². The van der Waals surface area contributed by atoms with Crippen molar-refractivity contribution in [3.05, 3.63) is 35.9 Å². The summed E-state index contributed by atoms with van der Waals surface area (Å²) < 4.78 is 5.40. The van der Waals surface area contributed by atoms with Gasteiger partial charge in [0.1, 0.15) is 0 Å². The Kier molecular flexibility index (Phi) is 7.97. The van der Waals surface area contributed by atoms with Crippen LogP contribution in [0.1, 0.15) is 37.7 Å². The van der Waals surface area contributed by atoms with E-state index in [1.807, 2.05) is 4.90 Å². The summed E-state index contributed by atoms with van der Waals surface area (Å²) in [5.74, 6) is 1.12. The van der Waals surface area contributed by atoms with Gasteiger partial charge in [-0.25, -0.2) is 0 Å². The SMILES string of the molecule is O=C1CCC(C(=O)N2CCC(Cc3ccccc3)CC2)CN1CCCN1CCOCC1. The molecule has 1 unspecified atom stereocenters. The van der Waals surface area contributed by atoms with E-state index < -0.39 is 0 Å². The molecule has 0 N–H and O–H groups in total. The summed E-state index contributed by atoms with van der Waals surface area (Å²) in [6, 6.07) is 10.7. The Morgan fingerprint density at radius 2 is 1.71 bits per heavy atom. The third-order valence-corrected chi connectivity index (χ3v) is 7.15. The molecule has 3 saturated heterocycles. The predicted molar refractivity (Wildman–Crippen MR) is 121 cm³/mol. The lowest BCUT2D eigenvalue weighted by molar-refractivity contribution is -0.144. The molecule has 0 bridgehead atoms. The second kappa shape index (κ2) is 11.1. The fourth-order valence-corrected chi connectivity index (χ4v) is 5.21. The molecule has 0 saturated carbocycles. The van der Waals surface area contributed by atoms with Crippen LogP contribution in [0.5, 0.6) is 0 Å². The molecular formula is C25H37N3O3. The molecule has 31 heavy (non-hydrogen) atoms. The Balaban J connectivity index is 1.20.